The summed E-state index contributed by atoms with van der Waals surface area (Å²) < 4.78 is 0. The van der Waals surface area contributed by atoms with E-state index in [9.17, 15) is 4.79 Å². The first-order valence-corrected chi connectivity index (χ1v) is 4.03. The molecule has 0 aromatic rings. The molecule has 1 aliphatic heterocycles. The topological polar surface area (TPSA) is 44.2 Å². The fourth-order valence-electron chi connectivity index (χ4n) is 1.32. The van der Waals surface area contributed by atoms with E-state index < -0.39 is 0 Å². The summed E-state index contributed by atoms with van der Waals surface area (Å²) in [6.07, 6.45) is 3.06. The van der Waals surface area contributed by atoms with Crippen molar-refractivity contribution >= 4 is 12.1 Å². The summed E-state index contributed by atoms with van der Waals surface area (Å²) in [5, 5.41) is 6.78. The van der Waals surface area contributed by atoms with Gasteiger partial charge in [-0.15, -0.1) is 0 Å². The number of nitrogens with one attached hydrogen (secondary N) is 1. The van der Waals surface area contributed by atoms with Crippen LogP contribution >= 0.6 is 0 Å². The Kier molecular flexibility index (Phi) is 2.63. The summed E-state index contributed by atoms with van der Waals surface area (Å²) in [5.41, 5.74) is 0. The first-order valence-electron chi connectivity index (χ1n) is 4.03. The van der Waals surface area contributed by atoms with Crippen LogP contribution in [-0.2, 0) is 4.79 Å². The zero-order valence-electron chi connectivity index (χ0n) is 6.84. The van der Waals surface area contributed by atoms with Crippen LogP contribution in [0, 0.1) is 11.3 Å². The maximum Gasteiger partial charge on any atom is 0.264 e. The van der Waals surface area contributed by atoms with Crippen LogP contribution in [0.2, 0.25) is 0 Å². The molecule has 1 rings (SSSR count). The minimum atomic E-state index is -0.142. The minimum absolute atomic E-state index is 0.142. The Hall–Kier alpha value is -0.860. The average Bonchev–Trinajstić information content (AvgIpc) is 2.05. The van der Waals surface area contributed by atoms with E-state index in [0.717, 1.165) is 38.1 Å². The zero-order valence-corrected chi connectivity index (χ0v) is 6.84. The molecule has 1 amide bonds. The van der Waals surface area contributed by atoms with Gasteiger partial charge in [-0.25, -0.2) is 0 Å². The Labute approximate surface area is 66.9 Å². The van der Waals surface area contributed by atoms with Gasteiger partial charge in [0.15, 0.2) is 0 Å². The van der Waals surface area contributed by atoms with E-state index in [0.29, 0.717) is 0 Å². The monoisotopic (exact) mass is 154 g/mol. The highest BCUT2D eigenvalue weighted by molar-refractivity contribution is 6.24. The molecule has 3 heteroatoms. The van der Waals surface area contributed by atoms with E-state index in [2.05, 4.69) is 6.92 Å². The fourth-order valence-corrected chi connectivity index (χ4v) is 1.32. The van der Waals surface area contributed by atoms with Gasteiger partial charge in [0.25, 0.3) is 5.91 Å². The lowest BCUT2D eigenvalue weighted by atomic mass is 9.99. The van der Waals surface area contributed by atoms with Crippen molar-refractivity contribution in [2.45, 2.75) is 19.8 Å². The zero-order chi connectivity index (χ0) is 8.27. The van der Waals surface area contributed by atoms with Crippen LogP contribution < -0.4 is 0 Å². The molecular weight excluding hydrogens is 140 g/mol. The van der Waals surface area contributed by atoms with Crippen LogP contribution in [0.5, 0.6) is 0 Å². The molecule has 0 bridgehead atoms. The van der Waals surface area contributed by atoms with Gasteiger partial charge in [0.1, 0.15) is 0 Å². The van der Waals surface area contributed by atoms with Crippen molar-refractivity contribution in [2.75, 3.05) is 13.1 Å². The summed E-state index contributed by atoms with van der Waals surface area (Å²) in [6, 6.07) is 0. The van der Waals surface area contributed by atoms with Crippen LogP contribution in [0.3, 0.4) is 0 Å². The number of piperidine rings is 1. The van der Waals surface area contributed by atoms with Crippen molar-refractivity contribution in [3.8, 4) is 0 Å². The Morgan fingerprint density at radius 2 is 2.09 bits per heavy atom. The summed E-state index contributed by atoms with van der Waals surface area (Å²) in [4.78, 5) is 12.7. The third kappa shape index (κ3) is 2.03. The summed E-state index contributed by atoms with van der Waals surface area (Å²) in [7, 11) is 0. The first-order chi connectivity index (χ1) is 5.24. The highest BCUT2D eigenvalue weighted by Gasteiger charge is 2.18. The number of hydrogen-bond donors (Lipinski definition) is 1. The highest BCUT2D eigenvalue weighted by atomic mass is 16.2. The molecule has 3 nitrogen and oxygen atoms in total. The second-order valence-corrected chi connectivity index (χ2v) is 3.15. The number of carbonyl (C=O) groups excluding carboxylic acids is 1. The van der Waals surface area contributed by atoms with Crippen molar-refractivity contribution < 1.29 is 4.79 Å². The number of nitrogens with zero attached hydrogens (tertiary/aromatic N) is 1. The SMILES string of the molecule is CC1CCN(C(=O)C=N)CC1. The third-order valence-electron chi connectivity index (χ3n) is 2.22. The van der Waals surface area contributed by atoms with Crippen molar-refractivity contribution in [1.82, 2.24) is 4.90 Å². The number of rotatable bonds is 1. The lowest BCUT2D eigenvalue weighted by Gasteiger charge is -2.28. The van der Waals surface area contributed by atoms with E-state index in [4.69, 9.17) is 5.41 Å². The van der Waals surface area contributed by atoms with Gasteiger partial charge in [0.05, 0.1) is 6.21 Å². The second-order valence-electron chi connectivity index (χ2n) is 3.15. The molecule has 0 aromatic carbocycles. The third-order valence-corrected chi connectivity index (χ3v) is 2.22. The molecule has 1 aliphatic rings. The molecule has 0 spiro atoms. The Bertz CT molecular complexity index is 159. The predicted octanol–water partition coefficient (Wildman–Crippen LogP) is 0.894. The first kappa shape index (κ1) is 8.24. The Morgan fingerprint density at radius 1 is 1.55 bits per heavy atom. The smallest absolute Gasteiger partial charge is 0.264 e. The maximum absolute atomic E-state index is 11.0. The van der Waals surface area contributed by atoms with Crippen molar-refractivity contribution in [3.05, 3.63) is 0 Å². The molecule has 0 unspecified atom stereocenters. The molecule has 1 saturated heterocycles. The maximum atomic E-state index is 11.0. The summed E-state index contributed by atoms with van der Waals surface area (Å²) >= 11 is 0. The number of carbonyl (C=O) groups is 1. The van der Waals surface area contributed by atoms with E-state index in [1.54, 1.807) is 4.90 Å². The van der Waals surface area contributed by atoms with Gasteiger partial charge in [-0.3, -0.25) is 4.79 Å². The van der Waals surface area contributed by atoms with Crippen molar-refractivity contribution in [1.29, 1.82) is 5.41 Å². The van der Waals surface area contributed by atoms with Gasteiger partial charge in [-0.2, -0.15) is 0 Å². The molecule has 1 N–H and O–H groups in total. The summed E-state index contributed by atoms with van der Waals surface area (Å²) in [6.45, 7) is 3.86. The molecule has 0 aromatic heterocycles. The standard InChI is InChI=1S/C8H14N2O/c1-7-2-4-10(5-3-7)8(11)6-9/h6-7,9H,2-5H2,1H3. The Balaban J connectivity index is 2.38. The van der Waals surface area contributed by atoms with Gasteiger partial charge in [-0.05, 0) is 18.8 Å². The second kappa shape index (κ2) is 3.51. The molecule has 0 radical (unpaired) electrons. The largest absolute Gasteiger partial charge is 0.338 e. The molecule has 11 heavy (non-hydrogen) atoms. The molecular formula is C8H14N2O. The Morgan fingerprint density at radius 3 is 2.55 bits per heavy atom. The number of likely N-dealkylation sites (tertiary alicyclic amines) is 1. The van der Waals surface area contributed by atoms with Crippen LogP contribution in [0.1, 0.15) is 19.8 Å². The van der Waals surface area contributed by atoms with Gasteiger partial charge >= 0.3 is 0 Å². The number of hydrogen-bond acceptors (Lipinski definition) is 2. The molecule has 1 heterocycles. The highest BCUT2D eigenvalue weighted by Crippen LogP contribution is 2.15. The average molecular weight is 154 g/mol. The molecule has 62 valence electrons. The quantitative estimate of drug-likeness (QED) is 0.560. The van der Waals surface area contributed by atoms with Crippen LogP contribution in [0.25, 0.3) is 0 Å². The minimum Gasteiger partial charge on any atom is -0.338 e. The normalized spacial score (nSPS) is 19.9. The van der Waals surface area contributed by atoms with E-state index in [1.807, 2.05) is 0 Å². The van der Waals surface area contributed by atoms with Crippen LogP contribution in [-0.4, -0.2) is 30.1 Å². The van der Waals surface area contributed by atoms with E-state index in [1.165, 1.54) is 0 Å². The lowest BCUT2D eigenvalue weighted by molar-refractivity contribution is -0.124. The lowest BCUT2D eigenvalue weighted by Crippen LogP contribution is -2.38. The van der Waals surface area contributed by atoms with Crippen LogP contribution in [0.4, 0.5) is 0 Å². The molecule has 0 saturated carbocycles. The van der Waals surface area contributed by atoms with Crippen LogP contribution in [0.15, 0.2) is 0 Å². The van der Waals surface area contributed by atoms with Crippen molar-refractivity contribution in [2.24, 2.45) is 5.92 Å². The van der Waals surface area contributed by atoms with E-state index >= 15 is 0 Å². The molecule has 0 aliphatic carbocycles. The van der Waals surface area contributed by atoms with Crippen molar-refractivity contribution in [3.63, 3.8) is 0 Å². The van der Waals surface area contributed by atoms with Gasteiger partial charge in [0, 0.05) is 13.1 Å². The van der Waals surface area contributed by atoms with Gasteiger partial charge < -0.3 is 10.3 Å². The molecule has 0 atom stereocenters. The van der Waals surface area contributed by atoms with E-state index in [-0.39, 0.29) is 5.91 Å². The molecule has 1 fully saturated rings. The number of amides is 1. The summed E-state index contributed by atoms with van der Waals surface area (Å²) in [5.74, 6) is 0.599. The van der Waals surface area contributed by atoms with Gasteiger partial charge in [-0.1, -0.05) is 6.92 Å². The predicted molar refractivity (Wildman–Crippen MR) is 43.8 cm³/mol. The fraction of sp³-hybridized carbons (Fsp3) is 0.750. The van der Waals surface area contributed by atoms with Gasteiger partial charge in [0.2, 0.25) is 0 Å².